The molecule has 0 amide bonds. The van der Waals surface area contributed by atoms with Gasteiger partial charge in [-0.2, -0.15) is 5.26 Å². The molecular weight excluding hydrogens is 253 g/mol. The highest BCUT2D eigenvalue weighted by atomic mass is 19.1. The first-order valence-electron chi connectivity index (χ1n) is 6.50. The number of hydrogen-bond acceptors (Lipinski definition) is 3. The van der Waals surface area contributed by atoms with Crippen LogP contribution < -0.4 is 10.6 Å². The van der Waals surface area contributed by atoms with Crippen molar-refractivity contribution in [2.75, 3.05) is 17.2 Å². The second-order valence-electron chi connectivity index (χ2n) is 4.93. The minimum absolute atomic E-state index is 0.332. The third kappa shape index (κ3) is 2.08. The molecule has 0 spiro atoms. The zero-order valence-corrected chi connectivity index (χ0v) is 10.9. The van der Waals surface area contributed by atoms with E-state index in [9.17, 15) is 4.39 Å². The van der Waals surface area contributed by atoms with Crippen LogP contribution >= 0.6 is 0 Å². The summed E-state index contributed by atoms with van der Waals surface area (Å²) in [7, 11) is 0. The first kappa shape index (κ1) is 12.5. The van der Waals surface area contributed by atoms with E-state index in [0.29, 0.717) is 17.7 Å². The van der Waals surface area contributed by atoms with E-state index in [-0.39, 0.29) is 5.82 Å². The molecule has 0 radical (unpaired) electrons. The lowest BCUT2D eigenvalue weighted by Gasteiger charge is -2.20. The van der Waals surface area contributed by atoms with Crippen molar-refractivity contribution < 1.29 is 4.39 Å². The Kier molecular flexibility index (Phi) is 3.03. The number of nitrogen functional groups attached to an aromatic ring is 1. The van der Waals surface area contributed by atoms with Crippen LogP contribution in [-0.2, 0) is 13.0 Å². The van der Waals surface area contributed by atoms with Gasteiger partial charge in [0, 0.05) is 35.6 Å². The summed E-state index contributed by atoms with van der Waals surface area (Å²) in [6.45, 7) is 1.33. The number of hydrogen-bond donors (Lipinski definition) is 1. The lowest BCUT2D eigenvalue weighted by atomic mass is 10.1. The van der Waals surface area contributed by atoms with Gasteiger partial charge < -0.3 is 10.6 Å². The van der Waals surface area contributed by atoms with Crippen LogP contribution in [0.25, 0.3) is 0 Å². The number of rotatable bonds is 2. The van der Waals surface area contributed by atoms with E-state index in [4.69, 9.17) is 11.0 Å². The maximum Gasteiger partial charge on any atom is 0.129 e. The van der Waals surface area contributed by atoms with Crippen LogP contribution in [-0.4, -0.2) is 6.54 Å². The number of fused-ring (bicyclic) bond motifs is 1. The zero-order chi connectivity index (χ0) is 14.1. The Bertz CT molecular complexity index is 703. The highest BCUT2D eigenvalue weighted by molar-refractivity contribution is 5.68. The molecule has 0 saturated heterocycles. The second kappa shape index (κ2) is 4.86. The molecule has 0 saturated carbocycles. The Balaban J connectivity index is 1.88. The fourth-order valence-corrected chi connectivity index (χ4v) is 2.64. The molecule has 3 nitrogen and oxygen atoms in total. The van der Waals surface area contributed by atoms with Crippen molar-refractivity contribution in [3.05, 3.63) is 58.9 Å². The molecule has 4 heteroatoms. The fraction of sp³-hybridized carbons (Fsp3) is 0.188. The first-order valence-corrected chi connectivity index (χ1v) is 6.50. The number of benzene rings is 2. The van der Waals surface area contributed by atoms with Gasteiger partial charge in [0.2, 0.25) is 0 Å². The molecule has 2 aromatic rings. The van der Waals surface area contributed by atoms with E-state index in [1.807, 2.05) is 24.3 Å². The minimum Gasteiger partial charge on any atom is -0.398 e. The number of anilines is 2. The van der Waals surface area contributed by atoms with Gasteiger partial charge in [-0.3, -0.25) is 0 Å². The summed E-state index contributed by atoms with van der Waals surface area (Å²) in [6.07, 6.45) is 0.889. The molecule has 0 aliphatic carbocycles. The van der Waals surface area contributed by atoms with Crippen LogP contribution in [0.1, 0.15) is 16.7 Å². The zero-order valence-electron chi connectivity index (χ0n) is 10.9. The molecule has 20 heavy (non-hydrogen) atoms. The summed E-state index contributed by atoms with van der Waals surface area (Å²) < 4.78 is 13.9. The lowest BCUT2D eigenvalue weighted by molar-refractivity contribution is 0.605. The minimum atomic E-state index is -0.332. The van der Waals surface area contributed by atoms with Gasteiger partial charge in [0.15, 0.2) is 0 Å². The molecular formula is C16H14FN3. The van der Waals surface area contributed by atoms with E-state index < -0.39 is 0 Å². The van der Waals surface area contributed by atoms with Gasteiger partial charge in [-0.1, -0.05) is 12.1 Å². The van der Waals surface area contributed by atoms with Crippen molar-refractivity contribution in [2.24, 2.45) is 0 Å². The summed E-state index contributed by atoms with van der Waals surface area (Å²) in [5.41, 5.74) is 9.91. The smallest absolute Gasteiger partial charge is 0.129 e. The number of nitrogens with two attached hydrogens (primary N) is 1. The van der Waals surface area contributed by atoms with Crippen LogP contribution in [0.5, 0.6) is 0 Å². The average Bonchev–Trinajstić information content (AvgIpc) is 2.86. The Morgan fingerprint density at radius 3 is 2.90 bits per heavy atom. The van der Waals surface area contributed by atoms with Crippen molar-refractivity contribution >= 4 is 11.4 Å². The SMILES string of the molecule is N#Cc1ccc(CN2CCc3c(N)cccc32)c(F)c1. The van der Waals surface area contributed by atoms with Crippen LogP contribution in [0.15, 0.2) is 36.4 Å². The average molecular weight is 267 g/mol. The Hall–Kier alpha value is -2.54. The lowest BCUT2D eigenvalue weighted by Crippen LogP contribution is -2.20. The molecule has 1 aliphatic heterocycles. The monoisotopic (exact) mass is 267 g/mol. The van der Waals surface area contributed by atoms with Gasteiger partial charge in [0.25, 0.3) is 0 Å². The van der Waals surface area contributed by atoms with E-state index in [1.54, 1.807) is 12.1 Å². The molecule has 0 aromatic heterocycles. The van der Waals surface area contributed by atoms with Gasteiger partial charge in [0.05, 0.1) is 11.6 Å². The predicted molar refractivity (Wildman–Crippen MR) is 76.7 cm³/mol. The predicted octanol–water partition coefficient (Wildman–Crippen LogP) is 2.84. The highest BCUT2D eigenvalue weighted by Crippen LogP contribution is 2.33. The molecule has 3 rings (SSSR count). The number of halogens is 1. The molecule has 100 valence electrons. The largest absolute Gasteiger partial charge is 0.398 e. The molecule has 0 unspecified atom stereocenters. The topological polar surface area (TPSA) is 53.0 Å². The summed E-state index contributed by atoms with van der Waals surface area (Å²) in [6, 6.07) is 12.4. The highest BCUT2D eigenvalue weighted by Gasteiger charge is 2.21. The molecule has 1 heterocycles. The molecule has 0 atom stereocenters. The summed E-state index contributed by atoms with van der Waals surface area (Å²) >= 11 is 0. The first-order chi connectivity index (χ1) is 9.69. The van der Waals surface area contributed by atoms with Crippen molar-refractivity contribution in [3.8, 4) is 6.07 Å². The third-order valence-corrected chi connectivity index (χ3v) is 3.70. The fourth-order valence-electron chi connectivity index (χ4n) is 2.64. The molecule has 2 N–H and O–H groups in total. The molecule has 2 aromatic carbocycles. The maximum absolute atomic E-state index is 13.9. The van der Waals surface area contributed by atoms with Gasteiger partial charge in [-0.25, -0.2) is 4.39 Å². The van der Waals surface area contributed by atoms with Crippen LogP contribution in [0.3, 0.4) is 0 Å². The van der Waals surface area contributed by atoms with Gasteiger partial charge in [-0.15, -0.1) is 0 Å². The van der Waals surface area contributed by atoms with Gasteiger partial charge in [0.1, 0.15) is 5.82 Å². The molecule has 1 aliphatic rings. The Morgan fingerprint density at radius 1 is 1.30 bits per heavy atom. The standard InChI is InChI=1S/C16H14FN3/c17-14-8-11(9-18)4-5-12(14)10-20-7-6-13-15(19)2-1-3-16(13)20/h1-5,8H,6-7,10,19H2. The van der Waals surface area contributed by atoms with Crippen molar-refractivity contribution in [1.82, 2.24) is 0 Å². The second-order valence-corrected chi connectivity index (χ2v) is 4.93. The van der Waals surface area contributed by atoms with E-state index in [2.05, 4.69) is 4.90 Å². The van der Waals surface area contributed by atoms with Crippen LogP contribution in [0.2, 0.25) is 0 Å². The van der Waals surface area contributed by atoms with E-state index in [1.165, 1.54) is 6.07 Å². The summed E-state index contributed by atoms with van der Waals surface area (Å²) in [4.78, 5) is 2.12. The normalized spacial score (nSPS) is 13.1. The molecule has 0 fully saturated rings. The van der Waals surface area contributed by atoms with Crippen LogP contribution in [0, 0.1) is 17.1 Å². The van der Waals surface area contributed by atoms with Gasteiger partial charge in [-0.05, 0) is 30.7 Å². The van der Waals surface area contributed by atoms with Gasteiger partial charge >= 0.3 is 0 Å². The van der Waals surface area contributed by atoms with Crippen molar-refractivity contribution in [1.29, 1.82) is 5.26 Å². The molecule has 0 bridgehead atoms. The Morgan fingerprint density at radius 2 is 2.15 bits per heavy atom. The quantitative estimate of drug-likeness (QED) is 0.851. The number of nitriles is 1. The van der Waals surface area contributed by atoms with E-state index in [0.717, 1.165) is 29.9 Å². The maximum atomic E-state index is 13.9. The van der Waals surface area contributed by atoms with Crippen molar-refractivity contribution in [3.63, 3.8) is 0 Å². The Labute approximate surface area is 117 Å². The van der Waals surface area contributed by atoms with Crippen molar-refractivity contribution in [2.45, 2.75) is 13.0 Å². The van der Waals surface area contributed by atoms with Crippen LogP contribution in [0.4, 0.5) is 15.8 Å². The summed E-state index contributed by atoms with van der Waals surface area (Å²) in [5.74, 6) is -0.332. The number of nitrogens with zero attached hydrogens (tertiary/aromatic N) is 2. The summed E-state index contributed by atoms with van der Waals surface area (Å²) in [5, 5.41) is 8.76. The third-order valence-electron chi connectivity index (χ3n) is 3.70. The van der Waals surface area contributed by atoms with E-state index >= 15 is 0 Å².